The van der Waals surface area contributed by atoms with Crippen molar-refractivity contribution in [3.63, 3.8) is 0 Å². The Kier molecular flexibility index (Phi) is 5.19. The fourth-order valence-electron chi connectivity index (χ4n) is 3.23. The molecule has 9 nitrogen and oxygen atoms in total. The van der Waals surface area contributed by atoms with E-state index in [1.54, 1.807) is 18.3 Å². The highest BCUT2D eigenvalue weighted by Gasteiger charge is 2.30. The van der Waals surface area contributed by atoms with Crippen LogP contribution in [0.15, 0.2) is 55.0 Å². The summed E-state index contributed by atoms with van der Waals surface area (Å²) in [4.78, 5) is 27.9. The lowest BCUT2D eigenvalue weighted by Crippen LogP contribution is -2.47. The fourth-order valence-corrected chi connectivity index (χ4v) is 3.23. The van der Waals surface area contributed by atoms with Gasteiger partial charge in [0.1, 0.15) is 17.9 Å². The summed E-state index contributed by atoms with van der Waals surface area (Å²) in [7, 11) is 0. The number of aromatic nitrogens is 3. The minimum absolute atomic E-state index is 0.0593. The number of benzene rings is 1. The van der Waals surface area contributed by atoms with Crippen molar-refractivity contribution in [2.45, 2.75) is 6.92 Å². The molecule has 1 aliphatic heterocycles. The number of pyridine rings is 1. The number of nitro groups is 1. The third kappa shape index (κ3) is 4.08. The molecule has 9 heteroatoms. The summed E-state index contributed by atoms with van der Waals surface area (Å²) in [5.41, 5.74) is 0.848. The maximum atomic E-state index is 11.8. The van der Waals surface area contributed by atoms with Crippen LogP contribution in [-0.2, 0) is 0 Å². The van der Waals surface area contributed by atoms with Gasteiger partial charge in [0.25, 0.3) is 0 Å². The summed E-state index contributed by atoms with van der Waals surface area (Å²) in [6.07, 6.45) is 3.06. The molecule has 3 aromatic rings. The van der Waals surface area contributed by atoms with Gasteiger partial charge in [-0.1, -0.05) is 23.8 Å². The largest absolute Gasteiger partial charge is 0.434 e. The van der Waals surface area contributed by atoms with E-state index < -0.39 is 4.92 Å². The van der Waals surface area contributed by atoms with Gasteiger partial charge in [-0.25, -0.2) is 9.97 Å². The molecular weight excluding hydrogens is 372 g/mol. The molecule has 1 aliphatic rings. The van der Waals surface area contributed by atoms with Crippen molar-refractivity contribution in [3.05, 3.63) is 70.7 Å². The van der Waals surface area contributed by atoms with E-state index >= 15 is 0 Å². The molecule has 29 heavy (non-hydrogen) atoms. The maximum Gasteiger partial charge on any atom is 0.373 e. The van der Waals surface area contributed by atoms with Gasteiger partial charge in [-0.3, -0.25) is 10.1 Å². The van der Waals surface area contributed by atoms with Crippen LogP contribution in [-0.4, -0.2) is 46.1 Å². The number of anilines is 2. The molecule has 148 valence electrons. The van der Waals surface area contributed by atoms with Crippen LogP contribution < -0.4 is 14.5 Å². The molecule has 0 saturated carbocycles. The van der Waals surface area contributed by atoms with E-state index in [2.05, 4.69) is 19.9 Å². The second kappa shape index (κ2) is 8.09. The van der Waals surface area contributed by atoms with Gasteiger partial charge in [0.05, 0.1) is 4.92 Å². The monoisotopic (exact) mass is 392 g/mol. The Bertz CT molecular complexity index is 989. The number of nitrogens with zero attached hydrogens (tertiary/aromatic N) is 6. The van der Waals surface area contributed by atoms with E-state index in [1.807, 2.05) is 42.2 Å². The van der Waals surface area contributed by atoms with Gasteiger partial charge >= 0.3 is 11.6 Å². The lowest BCUT2D eigenvalue weighted by molar-refractivity contribution is -0.385. The molecule has 0 radical (unpaired) electrons. The molecule has 4 rings (SSSR count). The van der Waals surface area contributed by atoms with Gasteiger partial charge < -0.3 is 14.5 Å². The highest BCUT2D eigenvalue weighted by Crippen LogP contribution is 2.36. The number of piperazine rings is 1. The van der Waals surface area contributed by atoms with Crippen LogP contribution in [0.3, 0.4) is 0 Å². The average molecular weight is 392 g/mol. The minimum atomic E-state index is -0.482. The zero-order chi connectivity index (χ0) is 20.2. The van der Waals surface area contributed by atoms with E-state index in [0.29, 0.717) is 31.9 Å². The Morgan fingerprint density at radius 2 is 1.69 bits per heavy atom. The molecular formula is C20H20N6O3. The van der Waals surface area contributed by atoms with Crippen molar-refractivity contribution in [1.82, 2.24) is 15.0 Å². The van der Waals surface area contributed by atoms with Crippen molar-refractivity contribution in [2.75, 3.05) is 36.0 Å². The van der Waals surface area contributed by atoms with Crippen LogP contribution >= 0.6 is 0 Å². The Morgan fingerprint density at radius 3 is 2.34 bits per heavy atom. The molecule has 3 heterocycles. The van der Waals surface area contributed by atoms with Crippen molar-refractivity contribution in [3.8, 4) is 11.6 Å². The molecule has 1 saturated heterocycles. The van der Waals surface area contributed by atoms with Gasteiger partial charge in [-0.05, 0) is 31.2 Å². The van der Waals surface area contributed by atoms with Gasteiger partial charge in [-0.15, -0.1) is 0 Å². The SMILES string of the molecule is Cc1ccc(Oc2ncnc(N3CCN(c4ccccn4)CC3)c2[N+](=O)[O-])cc1. The molecule has 0 N–H and O–H groups in total. The third-order valence-electron chi connectivity index (χ3n) is 4.74. The lowest BCUT2D eigenvalue weighted by Gasteiger charge is -2.35. The molecule has 0 amide bonds. The topological polar surface area (TPSA) is 97.5 Å². The van der Waals surface area contributed by atoms with Gasteiger partial charge in [-0.2, -0.15) is 4.98 Å². The number of aryl methyl sites for hydroxylation is 1. The molecule has 0 bridgehead atoms. The summed E-state index contributed by atoms with van der Waals surface area (Å²) >= 11 is 0. The number of hydrogen-bond acceptors (Lipinski definition) is 8. The number of ether oxygens (including phenoxy) is 1. The predicted octanol–water partition coefficient (Wildman–Crippen LogP) is 3.21. The first kappa shape index (κ1) is 18.6. The zero-order valence-electron chi connectivity index (χ0n) is 15.9. The normalized spacial score (nSPS) is 14.0. The predicted molar refractivity (Wildman–Crippen MR) is 109 cm³/mol. The highest BCUT2D eigenvalue weighted by atomic mass is 16.6. The highest BCUT2D eigenvalue weighted by molar-refractivity contribution is 5.64. The molecule has 0 unspecified atom stereocenters. The Hall–Kier alpha value is -3.75. The Morgan fingerprint density at radius 1 is 0.966 bits per heavy atom. The first-order chi connectivity index (χ1) is 14.1. The molecule has 2 aromatic heterocycles. The van der Waals surface area contributed by atoms with Crippen LogP contribution in [0.5, 0.6) is 11.6 Å². The van der Waals surface area contributed by atoms with E-state index in [9.17, 15) is 10.1 Å². The molecule has 1 aromatic carbocycles. The molecule has 0 atom stereocenters. The van der Waals surface area contributed by atoms with Crippen LogP contribution in [0.25, 0.3) is 0 Å². The second-order valence-electron chi connectivity index (χ2n) is 6.69. The lowest BCUT2D eigenvalue weighted by atomic mass is 10.2. The van der Waals surface area contributed by atoms with E-state index in [-0.39, 0.29) is 17.4 Å². The van der Waals surface area contributed by atoms with E-state index in [1.165, 1.54) is 6.33 Å². The first-order valence-electron chi connectivity index (χ1n) is 9.26. The van der Waals surface area contributed by atoms with Crippen molar-refractivity contribution >= 4 is 17.3 Å². The third-order valence-corrected chi connectivity index (χ3v) is 4.74. The fraction of sp³-hybridized carbons (Fsp3) is 0.250. The molecule has 0 aliphatic carbocycles. The van der Waals surface area contributed by atoms with Crippen molar-refractivity contribution in [1.29, 1.82) is 0 Å². The summed E-state index contributed by atoms with van der Waals surface area (Å²) in [5.74, 6) is 1.60. The molecule has 1 fully saturated rings. The van der Waals surface area contributed by atoms with Gasteiger partial charge in [0.2, 0.25) is 5.82 Å². The zero-order valence-corrected chi connectivity index (χ0v) is 15.9. The van der Waals surface area contributed by atoms with E-state index in [4.69, 9.17) is 4.74 Å². The first-order valence-corrected chi connectivity index (χ1v) is 9.26. The van der Waals surface area contributed by atoms with Crippen molar-refractivity contribution < 1.29 is 9.66 Å². The van der Waals surface area contributed by atoms with Gasteiger partial charge in [0, 0.05) is 32.4 Å². The number of rotatable bonds is 5. The van der Waals surface area contributed by atoms with Crippen LogP contribution in [0, 0.1) is 17.0 Å². The van der Waals surface area contributed by atoms with Crippen molar-refractivity contribution in [2.24, 2.45) is 0 Å². The summed E-state index contributed by atoms with van der Waals surface area (Å²) < 4.78 is 5.71. The second-order valence-corrected chi connectivity index (χ2v) is 6.69. The van der Waals surface area contributed by atoms with Crippen LogP contribution in [0.2, 0.25) is 0 Å². The standard InChI is InChI=1S/C20H20N6O3/c1-15-5-7-16(8-6-15)29-20-18(26(27)28)19(22-14-23-20)25-12-10-24(11-13-25)17-4-2-3-9-21-17/h2-9,14H,10-13H2,1H3. The summed E-state index contributed by atoms with van der Waals surface area (Å²) in [5, 5.41) is 11.8. The quantitative estimate of drug-likeness (QED) is 0.482. The minimum Gasteiger partial charge on any atom is -0.434 e. The molecule has 0 spiro atoms. The smallest absolute Gasteiger partial charge is 0.373 e. The van der Waals surface area contributed by atoms with Crippen LogP contribution in [0.1, 0.15) is 5.56 Å². The summed E-state index contributed by atoms with van der Waals surface area (Å²) in [6, 6.07) is 13.0. The Labute approximate surface area is 167 Å². The maximum absolute atomic E-state index is 11.8. The van der Waals surface area contributed by atoms with E-state index in [0.717, 1.165) is 11.4 Å². The average Bonchev–Trinajstić information content (AvgIpc) is 2.76. The summed E-state index contributed by atoms with van der Waals surface area (Å²) in [6.45, 7) is 4.50. The van der Waals surface area contributed by atoms with Gasteiger partial charge in [0.15, 0.2) is 0 Å². The van der Waals surface area contributed by atoms with Crippen LogP contribution in [0.4, 0.5) is 17.3 Å². The Balaban J connectivity index is 1.56. The number of hydrogen-bond donors (Lipinski definition) is 0.